The van der Waals surface area contributed by atoms with Gasteiger partial charge in [0, 0.05) is 10.6 Å². The Kier molecular flexibility index (Phi) is 8.33. The van der Waals surface area contributed by atoms with Gasteiger partial charge in [0.2, 0.25) is 0 Å². The van der Waals surface area contributed by atoms with E-state index in [4.69, 9.17) is 26.1 Å². The molecule has 1 aliphatic heterocycles. The van der Waals surface area contributed by atoms with E-state index in [1.54, 1.807) is 49.6 Å². The number of fused-ring (bicyclic) bond motifs is 1. The van der Waals surface area contributed by atoms with Gasteiger partial charge in [-0.05, 0) is 79.4 Å². The minimum atomic E-state index is -0.948. The number of aromatic nitrogens is 1. The van der Waals surface area contributed by atoms with E-state index >= 15 is 0 Å². The van der Waals surface area contributed by atoms with Crippen molar-refractivity contribution in [1.82, 2.24) is 4.98 Å². The summed E-state index contributed by atoms with van der Waals surface area (Å²) >= 11 is 7.39. The molecule has 7 nitrogen and oxygen atoms in total. The smallest absolute Gasteiger partial charge is 0.301 e. The summed E-state index contributed by atoms with van der Waals surface area (Å²) in [6, 6.07) is 14.9. The number of ether oxygens (including phenoxy) is 2. The molecular formula is C32H31ClN2O5S. The summed E-state index contributed by atoms with van der Waals surface area (Å²) in [5, 5.41) is 12.3. The molecule has 1 aromatic heterocycles. The number of aliphatic hydroxyl groups is 1. The van der Waals surface area contributed by atoms with Gasteiger partial charge in [-0.3, -0.25) is 14.5 Å². The van der Waals surface area contributed by atoms with Crippen molar-refractivity contribution in [3.63, 3.8) is 0 Å². The van der Waals surface area contributed by atoms with Gasteiger partial charge in [0.05, 0.1) is 35.5 Å². The van der Waals surface area contributed by atoms with Gasteiger partial charge in [-0.1, -0.05) is 54.8 Å². The van der Waals surface area contributed by atoms with Gasteiger partial charge in [0.1, 0.15) is 5.76 Å². The van der Waals surface area contributed by atoms with Gasteiger partial charge < -0.3 is 14.6 Å². The van der Waals surface area contributed by atoms with E-state index in [-0.39, 0.29) is 11.3 Å². The van der Waals surface area contributed by atoms with Gasteiger partial charge in [0.15, 0.2) is 16.6 Å². The van der Waals surface area contributed by atoms with Gasteiger partial charge in [0.25, 0.3) is 5.78 Å². The highest BCUT2D eigenvalue weighted by molar-refractivity contribution is 7.22. The van der Waals surface area contributed by atoms with Crippen molar-refractivity contribution in [2.75, 3.05) is 18.6 Å². The number of thiazole rings is 1. The van der Waals surface area contributed by atoms with Crippen LogP contribution in [0.1, 0.15) is 54.5 Å². The van der Waals surface area contributed by atoms with Gasteiger partial charge >= 0.3 is 5.91 Å². The Labute approximate surface area is 248 Å². The number of hydrogen-bond acceptors (Lipinski definition) is 7. The predicted octanol–water partition coefficient (Wildman–Crippen LogP) is 7.77. The van der Waals surface area contributed by atoms with Crippen LogP contribution in [0.3, 0.4) is 0 Å². The summed E-state index contributed by atoms with van der Waals surface area (Å²) in [6.07, 6.45) is 3.05. The normalized spacial score (nSPS) is 16.5. The molecule has 41 heavy (non-hydrogen) atoms. The Morgan fingerprint density at radius 3 is 2.51 bits per heavy atom. The molecule has 1 aliphatic rings. The number of halogens is 1. The number of carbonyl (C=O) groups excluding carboxylic acids is 2. The number of hydrogen-bond donors (Lipinski definition) is 1. The number of benzene rings is 3. The third-order valence-electron chi connectivity index (χ3n) is 7.10. The van der Waals surface area contributed by atoms with Crippen LogP contribution in [0.15, 0.2) is 60.2 Å². The Hall–Kier alpha value is -3.88. The number of ketones is 1. The highest BCUT2D eigenvalue weighted by Crippen LogP contribution is 2.46. The molecule has 0 aliphatic carbocycles. The van der Waals surface area contributed by atoms with E-state index in [2.05, 4.69) is 6.92 Å². The molecule has 0 saturated carbocycles. The molecule has 1 fully saturated rings. The second-order valence-corrected chi connectivity index (χ2v) is 11.5. The Morgan fingerprint density at radius 2 is 1.80 bits per heavy atom. The SMILES string of the molecule is CCCCCOc1ccc(C2C(=C(O)c3ccc(Cl)cc3)C(=O)C(=O)N2c2nc3c(C)cc(C)cc3s2)cc1OC. The maximum absolute atomic E-state index is 13.7. The second-order valence-electron chi connectivity index (χ2n) is 10.1. The first-order valence-electron chi connectivity index (χ1n) is 13.5. The first-order chi connectivity index (χ1) is 19.7. The summed E-state index contributed by atoms with van der Waals surface area (Å²) in [4.78, 5) is 33.4. The average molecular weight is 591 g/mol. The molecule has 5 rings (SSSR count). The molecule has 2 heterocycles. The van der Waals surface area contributed by atoms with Crippen LogP contribution in [0.25, 0.3) is 16.0 Å². The molecule has 212 valence electrons. The van der Waals surface area contributed by atoms with E-state index in [0.29, 0.717) is 39.4 Å². The van der Waals surface area contributed by atoms with Crippen LogP contribution in [-0.2, 0) is 9.59 Å². The Bertz CT molecular complexity index is 1660. The molecule has 1 N–H and O–H groups in total. The van der Waals surface area contributed by atoms with E-state index in [1.807, 2.05) is 26.0 Å². The number of aliphatic hydroxyl groups excluding tert-OH is 1. The number of methoxy groups -OCH3 is 1. The van der Waals surface area contributed by atoms with Crippen LogP contribution in [-0.4, -0.2) is 35.5 Å². The Morgan fingerprint density at radius 1 is 1.05 bits per heavy atom. The fraction of sp³-hybridized carbons (Fsp3) is 0.281. The van der Waals surface area contributed by atoms with Crippen LogP contribution in [0.5, 0.6) is 11.5 Å². The van der Waals surface area contributed by atoms with E-state index < -0.39 is 17.7 Å². The van der Waals surface area contributed by atoms with Crippen LogP contribution in [0.2, 0.25) is 5.02 Å². The van der Waals surface area contributed by atoms with Crippen molar-refractivity contribution in [3.8, 4) is 11.5 Å². The van der Waals surface area contributed by atoms with Gasteiger partial charge in [-0.2, -0.15) is 0 Å². The monoisotopic (exact) mass is 590 g/mol. The highest BCUT2D eigenvalue weighted by atomic mass is 35.5. The molecule has 1 saturated heterocycles. The van der Waals surface area contributed by atoms with Crippen molar-refractivity contribution >= 4 is 55.7 Å². The van der Waals surface area contributed by atoms with Crippen molar-refractivity contribution in [3.05, 3.63) is 87.4 Å². The van der Waals surface area contributed by atoms with Crippen LogP contribution in [0.4, 0.5) is 5.13 Å². The highest BCUT2D eigenvalue weighted by Gasteiger charge is 2.48. The molecule has 0 bridgehead atoms. The summed E-state index contributed by atoms with van der Waals surface area (Å²) < 4.78 is 12.5. The van der Waals surface area contributed by atoms with Gasteiger partial charge in [-0.25, -0.2) is 4.98 Å². The number of nitrogens with zero attached hydrogens (tertiary/aromatic N) is 2. The quantitative estimate of drug-likeness (QED) is 0.0927. The maximum atomic E-state index is 13.7. The average Bonchev–Trinajstić information content (AvgIpc) is 3.49. The lowest BCUT2D eigenvalue weighted by molar-refractivity contribution is -0.132. The topological polar surface area (TPSA) is 89.0 Å². The van der Waals surface area contributed by atoms with Crippen LogP contribution in [0, 0.1) is 13.8 Å². The van der Waals surface area contributed by atoms with Crippen molar-refractivity contribution in [2.45, 2.75) is 46.1 Å². The number of unbranched alkanes of at least 4 members (excludes halogenated alkanes) is 2. The lowest BCUT2D eigenvalue weighted by atomic mass is 9.95. The molecule has 1 unspecified atom stereocenters. The van der Waals surface area contributed by atoms with Crippen LogP contribution < -0.4 is 14.4 Å². The van der Waals surface area contributed by atoms with Crippen molar-refractivity contribution in [2.24, 2.45) is 0 Å². The first kappa shape index (κ1) is 28.6. The number of aryl methyl sites for hydroxylation is 2. The van der Waals surface area contributed by atoms with E-state index in [0.717, 1.165) is 40.6 Å². The first-order valence-corrected chi connectivity index (χ1v) is 14.7. The third-order valence-corrected chi connectivity index (χ3v) is 8.35. The second kappa shape index (κ2) is 11.9. The summed E-state index contributed by atoms with van der Waals surface area (Å²) in [5.41, 5.74) is 3.72. The molecule has 0 spiro atoms. The van der Waals surface area contributed by atoms with Crippen molar-refractivity contribution < 1.29 is 24.2 Å². The molecule has 3 aromatic carbocycles. The number of anilines is 1. The zero-order valence-electron chi connectivity index (χ0n) is 23.4. The number of carbonyl (C=O) groups is 2. The summed E-state index contributed by atoms with van der Waals surface area (Å²) in [6.45, 7) is 6.64. The number of amides is 1. The van der Waals surface area contributed by atoms with Gasteiger partial charge in [-0.15, -0.1) is 0 Å². The predicted molar refractivity (Wildman–Crippen MR) is 163 cm³/mol. The minimum absolute atomic E-state index is 0.0388. The number of rotatable bonds is 9. The summed E-state index contributed by atoms with van der Waals surface area (Å²) in [7, 11) is 1.54. The minimum Gasteiger partial charge on any atom is -0.507 e. The van der Waals surface area contributed by atoms with E-state index in [1.165, 1.54) is 16.2 Å². The molecule has 9 heteroatoms. The number of Topliss-reactive ketones (excluding diaryl/α,β-unsaturated/α-hetero) is 1. The lowest BCUT2D eigenvalue weighted by Crippen LogP contribution is -2.29. The standard InChI is InChI=1S/C32H31ClN2O5S/c1-5-6-7-14-40-23-13-10-21(17-24(23)39-4)28-26(29(36)20-8-11-22(33)12-9-20)30(37)31(38)35(28)32-34-27-19(3)15-18(2)16-25(27)41-32/h8-13,15-17,28,36H,5-7,14H2,1-4H3. The molecule has 1 amide bonds. The largest absolute Gasteiger partial charge is 0.507 e. The zero-order chi connectivity index (χ0) is 29.3. The maximum Gasteiger partial charge on any atom is 0.301 e. The lowest BCUT2D eigenvalue weighted by Gasteiger charge is -2.24. The Balaban J connectivity index is 1.67. The zero-order valence-corrected chi connectivity index (χ0v) is 24.9. The molecule has 1 atom stereocenters. The van der Waals surface area contributed by atoms with E-state index in [9.17, 15) is 14.7 Å². The molecule has 4 aromatic rings. The third kappa shape index (κ3) is 5.54. The molecular weight excluding hydrogens is 560 g/mol. The molecule has 0 radical (unpaired) electrons. The van der Waals surface area contributed by atoms with Crippen molar-refractivity contribution in [1.29, 1.82) is 0 Å². The fourth-order valence-corrected chi connectivity index (χ4v) is 6.37. The van der Waals surface area contributed by atoms with Crippen LogP contribution >= 0.6 is 22.9 Å². The summed E-state index contributed by atoms with van der Waals surface area (Å²) in [5.74, 6) is -0.828. The fourth-order valence-electron chi connectivity index (χ4n) is 5.08.